The second-order valence-corrected chi connectivity index (χ2v) is 3.92. The van der Waals surface area contributed by atoms with Crippen LogP contribution < -0.4 is 0 Å². The van der Waals surface area contributed by atoms with Gasteiger partial charge in [0.2, 0.25) is 0 Å². The highest BCUT2D eigenvalue weighted by Crippen LogP contribution is 2.33. The summed E-state index contributed by atoms with van der Waals surface area (Å²) in [7, 11) is 0. The van der Waals surface area contributed by atoms with Gasteiger partial charge in [0.1, 0.15) is 0 Å². The molecule has 1 aromatic heterocycles. The van der Waals surface area contributed by atoms with Crippen LogP contribution in [0.25, 0.3) is 5.57 Å². The Kier molecular flexibility index (Phi) is 4.49. The summed E-state index contributed by atoms with van der Waals surface area (Å²) in [4.78, 5) is 14.9. The molecule has 0 bridgehead atoms. The van der Waals surface area contributed by atoms with Gasteiger partial charge in [0.15, 0.2) is 0 Å². The molecule has 1 heterocycles. The highest BCUT2D eigenvalue weighted by Gasteiger charge is 2.34. The van der Waals surface area contributed by atoms with Crippen molar-refractivity contribution in [2.75, 3.05) is 0 Å². The first-order valence-corrected chi connectivity index (χ1v) is 5.49. The molecule has 1 N–H and O–H groups in total. The first kappa shape index (κ1) is 15.7. The summed E-state index contributed by atoms with van der Waals surface area (Å²) in [6, 6.07) is 2.34. The Morgan fingerprint density at radius 2 is 1.90 bits per heavy atom. The van der Waals surface area contributed by atoms with Gasteiger partial charge in [-0.05, 0) is 19.1 Å². The first-order valence-electron chi connectivity index (χ1n) is 5.49. The van der Waals surface area contributed by atoms with Crippen molar-refractivity contribution in [1.82, 2.24) is 4.98 Å². The van der Waals surface area contributed by atoms with Crippen LogP contribution in [-0.4, -0.2) is 22.2 Å². The maximum Gasteiger partial charge on any atom is 0.417 e. The van der Waals surface area contributed by atoms with E-state index in [1.807, 2.05) is 0 Å². The third kappa shape index (κ3) is 3.34. The number of carboxylic acid groups (broad SMARTS) is 1. The normalized spacial score (nSPS) is 12.6. The van der Waals surface area contributed by atoms with Gasteiger partial charge in [0.25, 0.3) is 0 Å². The average Bonchev–Trinajstić information content (AvgIpc) is 2.33. The maximum atomic E-state index is 12.9. The Hall–Kier alpha value is -2.37. The molecule has 1 rings (SSSR count). The number of nitrogens with zero attached hydrogens (tertiary/aromatic N) is 1. The van der Waals surface area contributed by atoms with Crippen LogP contribution in [0.3, 0.4) is 0 Å². The van der Waals surface area contributed by atoms with E-state index in [1.54, 1.807) is 0 Å². The van der Waals surface area contributed by atoms with Crippen molar-refractivity contribution in [1.29, 1.82) is 0 Å². The highest BCUT2D eigenvalue weighted by atomic mass is 19.4. The van der Waals surface area contributed by atoms with E-state index >= 15 is 0 Å². The molecule has 0 atom stereocenters. The maximum absolute atomic E-state index is 12.9. The van der Waals surface area contributed by atoms with Gasteiger partial charge in [-0.3, -0.25) is 4.98 Å². The molecule has 0 saturated carbocycles. The first-order chi connectivity index (χ1) is 9.20. The van der Waals surface area contributed by atoms with Crippen molar-refractivity contribution >= 4 is 11.5 Å². The second-order valence-electron chi connectivity index (χ2n) is 3.92. The fraction of sp³-hybridized carbons (Fsp3) is 0.143. The third-order valence-corrected chi connectivity index (χ3v) is 2.48. The van der Waals surface area contributed by atoms with Gasteiger partial charge in [0.05, 0.1) is 16.8 Å². The molecule has 3 nitrogen and oxygen atoms in total. The minimum atomic E-state index is -4.62. The second kappa shape index (κ2) is 5.73. The number of carboxylic acids is 1. The molecule has 20 heavy (non-hydrogen) atoms. The molecule has 0 amide bonds. The molecule has 1 aromatic rings. The lowest BCUT2D eigenvalue weighted by Crippen LogP contribution is -2.12. The Bertz CT molecular complexity index is 601. The number of hydrogen-bond donors (Lipinski definition) is 1. The summed E-state index contributed by atoms with van der Waals surface area (Å²) in [5.74, 6) is -1.24. The van der Waals surface area contributed by atoms with Crippen molar-refractivity contribution in [3.63, 3.8) is 0 Å². The number of aryl methyl sites for hydroxylation is 1. The molecule has 0 aliphatic heterocycles. The van der Waals surface area contributed by atoms with E-state index in [0.717, 1.165) is 12.1 Å². The van der Waals surface area contributed by atoms with Crippen LogP contribution in [0, 0.1) is 6.92 Å². The smallest absolute Gasteiger partial charge is 0.417 e. The van der Waals surface area contributed by atoms with Gasteiger partial charge in [-0.25, -0.2) is 4.79 Å². The largest absolute Gasteiger partial charge is 0.478 e. The molecule has 106 valence electrons. The summed E-state index contributed by atoms with van der Waals surface area (Å²) in [5.41, 5.74) is -1.27. The van der Waals surface area contributed by atoms with Crippen LogP contribution in [0.1, 0.15) is 21.7 Å². The molecule has 0 aromatic carbocycles. The fourth-order valence-electron chi connectivity index (χ4n) is 1.66. The lowest BCUT2D eigenvalue weighted by atomic mass is 10.0. The molecule has 0 radical (unpaired) electrons. The molecular formula is C14H12F3NO2. The van der Waals surface area contributed by atoms with E-state index in [0.29, 0.717) is 11.8 Å². The van der Waals surface area contributed by atoms with Gasteiger partial charge < -0.3 is 5.11 Å². The SMILES string of the molecule is C=CC(=C(C=C)C(F)(F)F)c1cc(C(=O)O)cc(C)n1. The lowest BCUT2D eigenvalue weighted by molar-refractivity contribution is -0.0875. The van der Waals surface area contributed by atoms with Crippen LogP contribution in [-0.2, 0) is 0 Å². The van der Waals surface area contributed by atoms with Gasteiger partial charge in [0, 0.05) is 11.3 Å². The molecule has 0 aliphatic rings. The molecule has 6 heteroatoms. The Morgan fingerprint density at radius 1 is 1.30 bits per heavy atom. The van der Waals surface area contributed by atoms with Gasteiger partial charge in [-0.1, -0.05) is 25.3 Å². The van der Waals surface area contributed by atoms with Gasteiger partial charge >= 0.3 is 12.1 Å². The summed E-state index contributed by atoms with van der Waals surface area (Å²) in [6.07, 6.45) is -2.99. The molecule has 0 fully saturated rings. The number of aromatic carboxylic acids is 1. The minimum absolute atomic E-state index is 0.107. The fourth-order valence-corrected chi connectivity index (χ4v) is 1.66. The highest BCUT2D eigenvalue weighted by molar-refractivity contribution is 5.89. The number of alkyl halides is 3. The molecule has 0 spiro atoms. The zero-order valence-corrected chi connectivity index (χ0v) is 10.7. The van der Waals surface area contributed by atoms with Crippen molar-refractivity contribution in [2.24, 2.45) is 0 Å². The lowest BCUT2D eigenvalue weighted by Gasteiger charge is -2.13. The predicted octanol–water partition coefficient (Wildman–Crippen LogP) is 3.78. The summed E-state index contributed by atoms with van der Waals surface area (Å²) < 4.78 is 38.6. The number of rotatable bonds is 4. The topological polar surface area (TPSA) is 50.2 Å². The number of allylic oxidation sites excluding steroid dienone is 4. The Balaban J connectivity index is 3.62. The summed E-state index contributed by atoms with van der Waals surface area (Å²) in [5, 5.41) is 8.93. The summed E-state index contributed by atoms with van der Waals surface area (Å²) >= 11 is 0. The third-order valence-electron chi connectivity index (χ3n) is 2.48. The van der Waals surface area contributed by atoms with Gasteiger partial charge in [-0.2, -0.15) is 13.2 Å². The number of halogens is 3. The van der Waals surface area contributed by atoms with E-state index in [1.165, 1.54) is 13.0 Å². The summed E-state index contributed by atoms with van der Waals surface area (Å²) in [6.45, 7) is 7.96. The average molecular weight is 283 g/mol. The number of pyridine rings is 1. The zero-order valence-electron chi connectivity index (χ0n) is 10.7. The van der Waals surface area contributed by atoms with E-state index in [-0.39, 0.29) is 16.8 Å². The van der Waals surface area contributed by atoms with E-state index in [4.69, 9.17) is 5.11 Å². The van der Waals surface area contributed by atoms with Crippen molar-refractivity contribution in [2.45, 2.75) is 13.1 Å². The van der Waals surface area contributed by atoms with E-state index in [9.17, 15) is 18.0 Å². The number of aromatic nitrogens is 1. The zero-order chi connectivity index (χ0) is 15.5. The van der Waals surface area contributed by atoms with Crippen molar-refractivity contribution in [3.05, 3.63) is 60.0 Å². The molecular weight excluding hydrogens is 271 g/mol. The van der Waals surface area contributed by atoms with E-state index < -0.39 is 17.7 Å². The minimum Gasteiger partial charge on any atom is -0.478 e. The molecule has 0 aliphatic carbocycles. The number of hydrogen-bond acceptors (Lipinski definition) is 2. The van der Waals surface area contributed by atoms with Gasteiger partial charge in [-0.15, -0.1) is 0 Å². The molecule has 0 saturated heterocycles. The van der Waals surface area contributed by atoms with Crippen LogP contribution >= 0.6 is 0 Å². The van der Waals surface area contributed by atoms with Crippen LogP contribution in [0.4, 0.5) is 13.2 Å². The Morgan fingerprint density at radius 3 is 2.30 bits per heavy atom. The monoisotopic (exact) mass is 283 g/mol. The van der Waals surface area contributed by atoms with Crippen LogP contribution in [0.2, 0.25) is 0 Å². The van der Waals surface area contributed by atoms with Crippen molar-refractivity contribution < 1.29 is 23.1 Å². The predicted molar refractivity (Wildman–Crippen MR) is 69.3 cm³/mol. The standard InChI is InChI=1S/C14H12F3NO2/c1-4-10(11(5-2)14(15,16)17)12-7-9(13(19)20)6-8(3)18-12/h4-7H,1-2H2,3H3,(H,19,20). The number of carbonyl (C=O) groups is 1. The van der Waals surface area contributed by atoms with Crippen LogP contribution in [0.15, 0.2) is 43.0 Å². The van der Waals surface area contributed by atoms with E-state index in [2.05, 4.69) is 18.1 Å². The quantitative estimate of drug-likeness (QED) is 0.855. The van der Waals surface area contributed by atoms with Crippen LogP contribution in [0.5, 0.6) is 0 Å². The van der Waals surface area contributed by atoms with Crippen molar-refractivity contribution in [3.8, 4) is 0 Å². The Labute approximate surface area is 113 Å². The molecule has 0 unspecified atom stereocenters.